The van der Waals surface area contributed by atoms with Crippen LogP contribution in [0.25, 0.3) is 0 Å². The molecule has 0 N–H and O–H groups in total. The van der Waals surface area contributed by atoms with Gasteiger partial charge in [-0.05, 0) is 55.7 Å². The van der Waals surface area contributed by atoms with Crippen LogP contribution in [0.5, 0.6) is 0 Å². The van der Waals surface area contributed by atoms with E-state index in [2.05, 4.69) is 4.74 Å². The normalized spacial score (nSPS) is 14.8. The summed E-state index contributed by atoms with van der Waals surface area (Å²) in [5.74, 6) is -4.82. The lowest BCUT2D eigenvalue weighted by Gasteiger charge is -2.18. The van der Waals surface area contributed by atoms with Crippen molar-refractivity contribution in [2.75, 3.05) is 6.61 Å². The fraction of sp³-hybridized carbons (Fsp3) is 0.562. The first-order valence-electron chi connectivity index (χ1n) is 7.18. The van der Waals surface area contributed by atoms with Gasteiger partial charge in [-0.25, -0.2) is 4.79 Å². The summed E-state index contributed by atoms with van der Waals surface area (Å²) in [5, 5.41) is 0. The number of halogens is 2. The quantitative estimate of drug-likeness (QED) is 0.770. The van der Waals surface area contributed by atoms with E-state index in [1.54, 1.807) is 0 Å². The van der Waals surface area contributed by atoms with Crippen molar-refractivity contribution in [3.8, 4) is 0 Å². The van der Waals surface area contributed by atoms with Gasteiger partial charge in [0.1, 0.15) is 0 Å². The highest BCUT2D eigenvalue weighted by molar-refractivity contribution is 5.77. The molecule has 0 aliphatic heterocycles. The van der Waals surface area contributed by atoms with Crippen molar-refractivity contribution < 1.29 is 18.3 Å². The number of hydrogen-bond acceptors (Lipinski definition) is 2. The maximum Gasteiger partial charge on any atom is 0.376 e. The maximum atomic E-state index is 13.6. The predicted molar refractivity (Wildman–Crippen MR) is 73.0 cm³/mol. The van der Waals surface area contributed by atoms with Crippen LogP contribution in [0.3, 0.4) is 0 Å². The average Bonchev–Trinajstić information content (AvgIpc) is 2.45. The number of carbonyl (C=O) groups excluding carboxylic acids is 1. The summed E-state index contributed by atoms with van der Waals surface area (Å²) in [6.07, 6.45) is 4.17. The molecule has 0 spiro atoms. The number of hydrogen-bond donors (Lipinski definition) is 0. The molecule has 1 aliphatic rings. The first-order valence-corrected chi connectivity index (χ1v) is 7.18. The summed E-state index contributed by atoms with van der Waals surface area (Å²) >= 11 is 0. The Morgan fingerprint density at radius 2 is 1.95 bits per heavy atom. The van der Waals surface area contributed by atoms with Crippen molar-refractivity contribution >= 4 is 5.97 Å². The second kappa shape index (κ2) is 6.33. The highest BCUT2D eigenvalue weighted by Crippen LogP contribution is 2.26. The van der Waals surface area contributed by atoms with Crippen LogP contribution in [0.1, 0.15) is 42.9 Å². The number of fused-ring (bicyclic) bond motifs is 1. The van der Waals surface area contributed by atoms with E-state index in [4.69, 9.17) is 0 Å². The van der Waals surface area contributed by atoms with Gasteiger partial charge in [0.2, 0.25) is 0 Å². The van der Waals surface area contributed by atoms with Gasteiger partial charge < -0.3 is 4.74 Å². The second-order valence-corrected chi connectivity index (χ2v) is 5.24. The summed E-state index contributed by atoms with van der Waals surface area (Å²) in [6, 6.07) is 5.94. The third-order valence-electron chi connectivity index (χ3n) is 3.71. The SMILES string of the molecule is CCOC(=O)C(F)(F)CCc1ccc2c(c1)CCCC2. The van der Waals surface area contributed by atoms with Crippen LogP contribution in [-0.4, -0.2) is 18.5 Å². The van der Waals surface area contributed by atoms with Crippen LogP contribution in [0.4, 0.5) is 8.78 Å². The average molecular weight is 282 g/mol. The van der Waals surface area contributed by atoms with E-state index < -0.39 is 18.3 Å². The van der Waals surface area contributed by atoms with E-state index >= 15 is 0 Å². The molecule has 0 amide bonds. The zero-order valence-electron chi connectivity index (χ0n) is 11.8. The molecule has 1 aromatic carbocycles. The molecule has 0 radical (unpaired) electrons. The predicted octanol–water partition coefficient (Wildman–Crippen LogP) is 3.70. The Balaban J connectivity index is 1.98. The molecule has 0 saturated carbocycles. The van der Waals surface area contributed by atoms with E-state index in [-0.39, 0.29) is 13.0 Å². The highest BCUT2D eigenvalue weighted by Gasteiger charge is 2.39. The number of aryl methyl sites for hydroxylation is 3. The molecule has 0 fully saturated rings. The van der Waals surface area contributed by atoms with Crippen molar-refractivity contribution in [3.05, 3.63) is 34.9 Å². The smallest absolute Gasteiger partial charge is 0.376 e. The molecule has 0 unspecified atom stereocenters. The topological polar surface area (TPSA) is 26.3 Å². The molecule has 0 atom stereocenters. The van der Waals surface area contributed by atoms with E-state index in [9.17, 15) is 13.6 Å². The molecule has 0 heterocycles. The minimum Gasteiger partial charge on any atom is -0.462 e. The molecule has 0 bridgehead atoms. The fourth-order valence-corrected chi connectivity index (χ4v) is 2.58. The van der Waals surface area contributed by atoms with Gasteiger partial charge in [-0.1, -0.05) is 18.2 Å². The van der Waals surface area contributed by atoms with Crippen LogP contribution in [0.15, 0.2) is 18.2 Å². The van der Waals surface area contributed by atoms with Gasteiger partial charge in [0.05, 0.1) is 6.61 Å². The molecule has 4 heteroatoms. The van der Waals surface area contributed by atoms with Gasteiger partial charge in [0.15, 0.2) is 0 Å². The van der Waals surface area contributed by atoms with Crippen molar-refractivity contribution in [1.29, 1.82) is 0 Å². The molecule has 2 nitrogen and oxygen atoms in total. The Morgan fingerprint density at radius 3 is 2.65 bits per heavy atom. The van der Waals surface area contributed by atoms with Gasteiger partial charge >= 0.3 is 11.9 Å². The van der Waals surface area contributed by atoms with Gasteiger partial charge in [0.25, 0.3) is 0 Å². The third kappa shape index (κ3) is 3.56. The van der Waals surface area contributed by atoms with Crippen molar-refractivity contribution in [2.45, 2.75) is 51.4 Å². The summed E-state index contributed by atoms with van der Waals surface area (Å²) in [7, 11) is 0. The zero-order chi connectivity index (χ0) is 14.6. The molecular formula is C16H20F2O2. The van der Waals surface area contributed by atoms with Crippen molar-refractivity contribution in [2.24, 2.45) is 0 Å². The van der Waals surface area contributed by atoms with E-state index in [1.165, 1.54) is 24.5 Å². The monoisotopic (exact) mass is 282 g/mol. The number of alkyl halides is 2. The summed E-state index contributed by atoms with van der Waals surface area (Å²) in [5.41, 5.74) is 3.47. The number of rotatable bonds is 5. The summed E-state index contributed by atoms with van der Waals surface area (Å²) < 4.78 is 31.5. The Morgan fingerprint density at radius 1 is 1.25 bits per heavy atom. The van der Waals surface area contributed by atoms with Gasteiger partial charge in [-0.2, -0.15) is 8.78 Å². The van der Waals surface area contributed by atoms with Gasteiger partial charge in [-0.15, -0.1) is 0 Å². The van der Waals surface area contributed by atoms with Gasteiger partial charge in [-0.3, -0.25) is 0 Å². The minimum absolute atomic E-state index is 0.0206. The first-order chi connectivity index (χ1) is 9.53. The third-order valence-corrected chi connectivity index (χ3v) is 3.71. The number of benzene rings is 1. The maximum absolute atomic E-state index is 13.6. The fourth-order valence-electron chi connectivity index (χ4n) is 2.58. The Bertz CT molecular complexity index is 483. The summed E-state index contributed by atoms with van der Waals surface area (Å²) in [4.78, 5) is 11.1. The lowest BCUT2D eigenvalue weighted by Crippen LogP contribution is -2.31. The van der Waals surface area contributed by atoms with Crippen LogP contribution < -0.4 is 0 Å². The van der Waals surface area contributed by atoms with Crippen LogP contribution in [0.2, 0.25) is 0 Å². The Kier molecular flexibility index (Phi) is 4.73. The lowest BCUT2D eigenvalue weighted by atomic mass is 9.89. The minimum atomic E-state index is -3.40. The number of carbonyl (C=O) groups is 1. The Hall–Kier alpha value is -1.45. The number of ether oxygens (including phenoxy) is 1. The zero-order valence-corrected chi connectivity index (χ0v) is 11.8. The van der Waals surface area contributed by atoms with E-state index in [1.807, 2.05) is 18.2 Å². The Labute approximate surface area is 118 Å². The van der Waals surface area contributed by atoms with E-state index in [0.29, 0.717) is 0 Å². The van der Waals surface area contributed by atoms with Crippen molar-refractivity contribution in [1.82, 2.24) is 0 Å². The molecule has 1 aromatic rings. The van der Waals surface area contributed by atoms with Crippen molar-refractivity contribution in [3.63, 3.8) is 0 Å². The van der Waals surface area contributed by atoms with Crippen LogP contribution >= 0.6 is 0 Å². The van der Waals surface area contributed by atoms with E-state index in [0.717, 1.165) is 24.8 Å². The number of esters is 1. The molecule has 0 saturated heterocycles. The largest absolute Gasteiger partial charge is 0.462 e. The molecule has 0 aromatic heterocycles. The highest BCUT2D eigenvalue weighted by atomic mass is 19.3. The molecule has 2 rings (SSSR count). The second-order valence-electron chi connectivity index (χ2n) is 5.24. The molecule has 110 valence electrons. The molecule has 1 aliphatic carbocycles. The van der Waals surface area contributed by atoms with Crippen LogP contribution in [-0.2, 0) is 28.8 Å². The van der Waals surface area contributed by atoms with Gasteiger partial charge in [0, 0.05) is 6.42 Å². The molecule has 20 heavy (non-hydrogen) atoms. The molecular weight excluding hydrogens is 262 g/mol. The standard InChI is InChI=1S/C16H20F2O2/c1-2-20-15(19)16(17,18)10-9-12-7-8-13-5-3-4-6-14(13)11-12/h7-8,11H,2-6,9-10H2,1H3. The van der Waals surface area contributed by atoms with Crippen LogP contribution in [0, 0.1) is 0 Å². The summed E-state index contributed by atoms with van der Waals surface area (Å²) in [6.45, 7) is 1.50. The lowest BCUT2D eigenvalue weighted by molar-refractivity contribution is -0.172. The first kappa shape index (κ1) is 14.9.